The maximum absolute atomic E-state index is 13.1. The minimum atomic E-state index is -0.313. The van der Waals surface area contributed by atoms with Gasteiger partial charge in [0, 0.05) is 42.0 Å². The molecule has 4 aromatic rings. The average molecular weight is 576 g/mol. The second-order valence-corrected chi connectivity index (χ2v) is 11.4. The van der Waals surface area contributed by atoms with E-state index in [-0.39, 0.29) is 23.6 Å². The summed E-state index contributed by atoms with van der Waals surface area (Å²) in [6, 6.07) is 25.4. The summed E-state index contributed by atoms with van der Waals surface area (Å²) < 4.78 is 0. The van der Waals surface area contributed by atoms with E-state index >= 15 is 0 Å². The Hall–Kier alpha value is -4.54. The summed E-state index contributed by atoms with van der Waals surface area (Å²) in [5.74, 6) is -0.166. The van der Waals surface area contributed by atoms with Crippen molar-refractivity contribution in [2.45, 2.75) is 12.6 Å². The molecule has 4 heterocycles. The summed E-state index contributed by atoms with van der Waals surface area (Å²) in [5.41, 5.74) is 5.62. The molecule has 3 aliphatic heterocycles. The first-order valence-electron chi connectivity index (χ1n) is 14.0. The third-order valence-electron chi connectivity index (χ3n) is 7.75. The van der Waals surface area contributed by atoms with E-state index in [4.69, 9.17) is 4.99 Å². The van der Waals surface area contributed by atoms with Gasteiger partial charge in [0.05, 0.1) is 42.9 Å². The highest BCUT2D eigenvalue weighted by Crippen LogP contribution is 2.39. The van der Waals surface area contributed by atoms with E-state index in [1.54, 1.807) is 11.8 Å². The van der Waals surface area contributed by atoms with Crippen LogP contribution in [-0.4, -0.2) is 74.4 Å². The number of para-hydroxylation sites is 3. The zero-order valence-corrected chi connectivity index (χ0v) is 23.7. The van der Waals surface area contributed by atoms with Crippen LogP contribution in [0, 0.1) is 0 Å². The van der Waals surface area contributed by atoms with E-state index in [1.807, 2.05) is 71.6 Å². The smallest absolute Gasteiger partial charge is 0.275 e. The highest BCUT2D eigenvalue weighted by molar-refractivity contribution is 8.16. The van der Waals surface area contributed by atoms with Gasteiger partial charge in [-0.1, -0.05) is 72.4 Å². The lowest BCUT2D eigenvalue weighted by molar-refractivity contribution is -0.135. The van der Waals surface area contributed by atoms with Gasteiger partial charge in [-0.2, -0.15) is 0 Å². The molecule has 1 aromatic heterocycles. The monoisotopic (exact) mass is 575 g/mol. The number of amides is 2. The first-order valence-corrected chi connectivity index (χ1v) is 14.9. The number of hydrogen-bond acceptors (Lipinski definition) is 8. The van der Waals surface area contributed by atoms with Crippen molar-refractivity contribution < 1.29 is 9.59 Å². The van der Waals surface area contributed by atoms with Crippen LogP contribution in [0.25, 0.3) is 11.0 Å². The van der Waals surface area contributed by atoms with Crippen LogP contribution in [0.5, 0.6) is 0 Å². The van der Waals surface area contributed by atoms with E-state index < -0.39 is 0 Å². The number of aliphatic imine (C=N–C) groups is 1. The van der Waals surface area contributed by atoms with Gasteiger partial charge in [0.15, 0.2) is 5.17 Å². The highest BCUT2D eigenvalue weighted by Gasteiger charge is 2.35. The molecule has 1 unspecified atom stereocenters. The van der Waals surface area contributed by atoms with Crippen LogP contribution in [-0.2, 0) is 11.3 Å². The van der Waals surface area contributed by atoms with Crippen LogP contribution < -0.4 is 5.32 Å². The van der Waals surface area contributed by atoms with Gasteiger partial charge in [0.2, 0.25) is 5.91 Å². The summed E-state index contributed by atoms with van der Waals surface area (Å²) >= 11 is 1.59. The molecule has 210 valence electrons. The zero-order chi connectivity index (χ0) is 28.5. The summed E-state index contributed by atoms with van der Waals surface area (Å²) in [5, 5.41) is 6.05. The molecule has 1 saturated heterocycles. The molecule has 1 N–H and O–H groups in total. The summed E-state index contributed by atoms with van der Waals surface area (Å²) in [6.45, 7) is 3.97. The Bertz CT molecular complexity index is 1720. The van der Waals surface area contributed by atoms with Crippen molar-refractivity contribution in [3.8, 4) is 0 Å². The lowest BCUT2D eigenvalue weighted by atomic mass is 10.0. The fraction of sp³-hybridized carbons (Fsp3) is 0.219. The van der Waals surface area contributed by atoms with Crippen molar-refractivity contribution >= 4 is 45.5 Å². The number of carbonyl (C=O) groups is 2. The number of aromatic nitrogens is 2. The molecule has 3 aliphatic rings. The quantitative estimate of drug-likeness (QED) is 0.346. The Balaban J connectivity index is 0.996. The molecule has 3 aromatic carbocycles. The molecular formula is C32H29N7O2S. The molecule has 1 fully saturated rings. The number of nitrogens with one attached hydrogen (secondary N) is 1. The molecule has 2 amide bonds. The number of anilines is 1. The van der Waals surface area contributed by atoms with Gasteiger partial charge >= 0.3 is 0 Å². The lowest BCUT2D eigenvalue weighted by Gasteiger charge is -2.35. The molecule has 42 heavy (non-hydrogen) atoms. The predicted octanol–water partition coefficient (Wildman–Crippen LogP) is 4.53. The fourth-order valence-electron chi connectivity index (χ4n) is 5.55. The third-order valence-corrected chi connectivity index (χ3v) is 8.68. The van der Waals surface area contributed by atoms with Crippen molar-refractivity contribution in [1.82, 2.24) is 24.7 Å². The van der Waals surface area contributed by atoms with Crippen LogP contribution >= 0.6 is 11.8 Å². The number of piperazine rings is 1. The van der Waals surface area contributed by atoms with Gasteiger partial charge in [0.25, 0.3) is 5.91 Å². The van der Waals surface area contributed by atoms with Gasteiger partial charge < -0.3 is 15.1 Å². The first-order chi connectivity index (χ1) is 20.6. The van der Waals surface area contributed by atoms with Gasteiger partial charge in [-0.3, -0.25) is 24.5 Å². The normalized spacial score (nSPS) is 18.7. The first kappa shape index (κ1) is 26.4. The molecule has 0 radical (unpaired) electrons. The molecule has 0 spiro atoms. The van der Waals surface area contributed by atoms with Crippen molar-refractivity contribution in [3.05, 3.63) is 113 Å². The highest BCUT2D eigenvalue weighted by atomic mass is 32.2. The number of benzene rings is 3. The molecule has 0 bridgehead atoms. The van der Waals surface area contributed by atoms with E-state index in [2.05, 4.69) is 42.6 Å². The fourth-order valence-corrected chi connectivity index (χ4v) is 6.51. The van der Waals surface area contributed by atoms with Gasteiger partial charge in [-0.15, -0.1) is 0 Å². The predicted molar refractivity (Wildman–Crippen MR) is 165 cm³/mol. The van der Waals surface area contributed by atoms with E-state index in [1.165, 1.54) is 11.8 Å². The van der Waals surface area contributed by atoms with Crippen LogP contribution in [0.15, 0.2) is 101 Å². The SMILES string of the molecule is O=C(Nc1ccccc1C1CN2C(CN3CCN(Cc4ccccc4)CC3=O)=CSC2=N1)c1cnc2ccccc2n1. The lowest BCUT2D eigenvalue weighted by Crippen LogP contribution is -2.51. The van der Waals surface area contributed by atoms with E-state index in [9.17, 15) is 9.59 Å². The molecule has 7 rings (SSSR count). The summed E-state index contributed by atoms with van der Waals surface area (Å²) in [4.78, 5) is 46.4. The number of amidine groups is 1. The maximum atomic E-state index is 13.1. The Morgan fingerprint density at radius 1 is 0.929 bits per heavy atom. The summed E-state index contributed by atoms with van der Waals surface area (Å²) in [7, 11) is 0. The van der Waals surface area contributed by atoms with Crippen molar-refractivity contribution in [2.75, 3.05) is 38.0 Å². The number of fused-ring (bicyclic) bond motifs is 2. The van der Waals surface area contributed by atoms with Crippen molar-refractivity contribution in [2.24, 2.45) is 4.99 Å². The van der Waals surface area contributed by atoms with Gasteiger partial charge in [-0.25, -0.2) is 4.98 Å². The van der Waals surface area contributed by atoms with E-state index in [0.717, 1.165) is 35.0 Å². The standard InChI is InChI=1S/C32H29N7O2S/c40-30-20-37(17-22-8-2-1-3-9-22)14-15-38(30)18-23-21-42-32-36-29(19-39(23)32)24-10-4-5-11-25(24)35-31(41)28-16-33-26-12-6-7-13-27(26)34-28/h1-13,16,21,29H,14-15,17-20H2,(H,35,41). The van der Waals surface area contributed by atoms with E-state index in [0.29, 0.717) is 37.4 Å². The van der Waals surface area contributed by atoms with Crippen LogP contribution in [0.2, 0.25) is 0 Å². The van der Waals surface area contributed by atoms with Crippen molar-refractivity contribution in [3.63, 3.8) is 0 Å². The molecule has 9 nitrogen and oxygen atoms in total. The molecule has 10 heteroatoms. The molecule has 0 saturated carbocycles. The maximum Gasteiger partial charge on any atom is 0.275 e. The topological polar surface area (TPSA) is 94.0 Å². The third kappa shape index (κ3) is 5.38. The largest absolute Gasteiger partial charge is 0.334 e. The number of rotatable bonds is 7. The number of nitrogens with zero attached hydrogens (tertiary/aromatic N) is 6. The second-order valence-electron chi connectivity index (χ2n) is 10.6. The van der Waals surface area contributed by atoms with Gasteiger partial charge in [0.1, 0.15) is 5.69 Å². The Morgan fingerprint density at radius 2 is 1.71 bits per heavy atom. The van der Waals surface area contributed by atoms with Crippen LogP contribution in [0.3, 0.4) is 0 Å². The van der Waals surface area contributed by atoms with Crippen LogP contribution in [0.1, 0.15) is 27.7 Å². The average Bonchev–Trinajstić information content (AvgIpc) is 3.61. The Labute approximate surface area is 248 Å². The molecule has 1 atom stereocenters. The molecular weight excluding hydrogens is 546 g/mol. The van der Waals surface area contributed by atoms with Crippen LogP contribution in [0.4, 0.5) is 5.69 Å². The van der Waals surface area contributed by atoms with Gasteiger partial charge in [-0.05, 0) is 23.8 Å². The number of carbonyl (C=O) groups excluding carboxylic acids is 2. The second kappa shape index (κ2) is 11.4. The minimum absolute atomic E-state index is 0.145. The number of hydrogen-bond donors (Lipinski definition) is 1. The zero-order valence-electron chi connectivity index (χ0n) is 22.9. The number of thioether (sulfide) groups is 1. The molecule has 0 aliphatic carbocycles. The van der Waals surface area contributed by atoms with Crippen molar-refractivity contribution in [1.29, 1.82) is 0 Å². The Kier molecular flexibility index (Phi) is 7.15. The summed E-state index contributed by atoms with van der Waals surface area (Å²) in [6.07, 6.45) is 1.50. The minimum Gasteiger partial charge on any atom is -0.334 e. The Morgan fingerprint density at radius 3 is 2.57 bits per heavy atom.